The van der Waals surface area contributed by atoms with E-state index >= 15 is 0 Å². The minimum atomic E-state index is -3.88. The zero-order valence-electron chi connectivity index (χ0n) is 15.3. The van der Waals surface area contributed by atoms with Crippen LogP contribution in [0, 0.1) is 5.41 Å². The van der Waals surface area contributed by atoms with Crippen LogP contribution in [0.25, 0.3) is 0 Å². The van der Waals surface area contributed by atoms with Gasteiger partial charge in [0, 0.05) is 25.3 Å². The standard InChI is InChI=1S/C15H25NO9S/c1-5-11-23-13(18)12(25-14(19)24-11)15(3,4)9-22-26(20,21)8-6-7-16-10(2)17/h11-12H,5-9H2,1-4H3,(H,16,17)/t11?,12-/m0/s1. The zero-order valence-corrected chi connectivity index (χ0v) is 16.1. The Bertz CT molecular complexity index is 629. The molecule has 26 heavy (non-hydrogen) atoms. The van der Waals surface area contributed by atoms with E-state index in [4.69, 9.17) is 18.4 Å². The van der Waals surface area contributed by atoms with Crippen molar-refractivity contribution >= 4 is 28.1 Å². The number of amides is 1. The fourth-order valence-corrected chi connectivity index (χ4v) is 3.13. The maximum atomic E-state index is 12.2. The summed E-state index contributed by atoms with van der Waals surface area (Å²) in [5, 5.41) is 2.48. The molecule has 10 nitrogen and oxygen atoms in total. The Morgan fingerprint density at radius 3 is 2.46 bits per heavy atom. The van der Waals surface area contributed by atoms with Crippen molar-refractivity contribution in [2.45, 2.75) is 52.9 Å². The predicted octanol–water partition coefficient (Wildman–Crippen LogP) is 0.700. The van der Waals surface area contributed by atoms with E-state index in [9.17, 15) is 22.8 Å². The topological polar surface area (TPSA) is 134 Å². The Morgan fingerprint density at radius 2 is 1.88 bits per heavy atom. The summed E-state index contributed by atoms with van der Waals surface area (Å²) in [5.74, 6) is -1.40. The summed E-state index contributed by atoms with van der Waals surface area (Å²) in [4.78, 5) is 34.5. The Hall–Kier alpha value is -1.88. The van der Waals surface area contributed by atoms with E-state index in [0.717, 1.165) is 0 Å². The molecule has 1 aliphatic heterocycles. The largest absolute Gasteiger partial charge is 0.512 e. The monoisotopic (exact) mass is 395 g/mol. The van der Waals surface area contributed by atoms with E-state index in [0.29, 0.717) is 0 Å². The second-order valence-corrected chi connectivity index (χ2v) is 8.25. The SMILES string of the molecule is CCC1OC(=O)O[C@H](C(C)(C)COS(=O)(=O)CCCNC(C)=O)C(=O)O1. The van der Waals surface area contributed by atoms with Crippen LogP contribution in [-0.2, 0) is 38.1 Å². The van der Waals surface area contributed by atoms with Crippen LogP contribution in [0.3, 0.4) is 0 Å². The molecular formula is C15H25NO9S. The maximum absolute atomic E-state index is 12.2. The molecule has 1 rings (SSSR count). The van der Waals surface area contributed by atoms with E-state index < -0.39 is 46.7 Å². The van der Waals surface area contributed by atoms with Crippen LogP contribution in [0.1, 0.15) is 40.5 Å². The molecule has 2 atom stereocenters. The highest BCUT2D eigenvalue weighted by Gasteiger charge is 2.45. The number of rotatable bonds is 9. The number of hydrogen-bond acceptors (Lipinski definition) is 9. The first kappa shape index (κ1) is 22.2. The maximum Gasteiger partial charge on any atom is 0.512 e. The average Bonchev–Trinajstić information content (AvgIpc) is 2.68. The predicted molar refractivity (Wildman–Crippen MR) is 88.3 cm³/mol. The molecule has 0 aromatic heterocycles. The van der Waals surface area contributed by atoms with E-state index in [1.165, 1.54) is 20.8 Å². The van der Waals surface area contributed by atoms with Crippen LogP contribution in [-0.4, -0.2) is 57.7 Å². The number of cyclic esters (lactones) is 3. The molecule has 1 fully saturated rings. The van der Waals surface area contributed by atoms with Gasteiger partial charge in [-0.3, -0.25) is 8.98 Å². The highest BCUT2D eigenvalue weighted by atomic mass is 32.2. The number of nitrogens with one attached hydrogen (secondary N) is 1. The van der Waals surface area contributed by atoms with Crippen LogP contribution in [0.2, 0.25) is 0 Å². The van der Waals surface area contributed by atoms with Crippen molar-refractivity contribution in [2.24, 2.45) is 5.41 Å². The van der Waals surface area contributed by atoms with Gasteiger partial charge in [-0.1, -0.05) is 20.8 Å². The number of ether oxygens (including phenoxy) is 3. The van der Waals surface area contributed by atoms with Gasteiger partial charge in [0.05, 0.1) is 12.4 Å². The number of carbonyl (C=O) groups excluding carboxylic acids is 3. The molecule has 0 radical (unpaired) electrons. The molecule has 1 heterocycles. The van der Waals surface area contributed by atoms with Crippen molar-refractivity contribution in [3.8, 4) is 0 Å². The van der Waals surface area contributed by atoms with Crippen molar-refractivity contribution in [1.29, 1.82) is 0 Å². The van der Waals surface area contributed by atoms with Gasteiger partial charge in [0.25, 0.3) is 16.4 Å². The molecule has 1 amide bonds. The van der Waals surface area contributed by atoms with Gasteiger partial charge < -0.3 is 19.5 Å². The Morgan fingerprint density at radius 1 is 1.23 bits per heavy atom. The third kappa shape index (κ3) is 7.16. The summed E-state index contributed by atoms with van der Waals surface area (Å²) in [7, 11) is -3.88. The van der Waals surface area contributed by atoms with Crippen LogP contribution in [0.15, 0.2) is 0 Å². The van der Waals surface area contributed by atoms with E-state index in [-0.39, 0.29) is 31.0 Å². The zero-order chi connectivity index (χ0) is 20.0. The van der Waals surface area contributed by atoms with Gasteiger partial charge in [-0.2, -0.15) is 8.42 Å². The van der Waals surface area contributed by atoms with Crippen LogP contribution >= 0.6 is 0 Å². The van der Waals surface area contributed by atoms with Gasteiger partial charge in [0.2, 0.25) is 12.0 Å². The molecule has 1 unspecified atom stereocenters. The minimum Gasteiger partial charge on any atom is -0.422 e. The summed E-state index contributed by atoms with van der Waals surface area (Å²) in [6.07, 6.45) is -3.06. The molecule has 11 heteroatoms. The van der Waals surface area contributed by atoms with Crippen molar-refractivity contribution in [3.05, 3.63) is 0 Å². The fourth-order valence-electron chi connectivity index (χ4n) is 2.03. The summed E-state index contributed by atoms with van der Waals surface area (Å²) in [6.45, 7) is 5.79. The molecule has 0 saturated carbocycles. The molecule has 150 valence electrons. The summed E-state index contributed by atoms with van der Waals surface area (Å²) >= 11 is 0. The van der Waals surface area contributed by atoms with E-state index in [2.05, 4.69) is 5.32 Å². The Balaban J connectivity index is 2.65. The van der Waals surface area contributed by atoms with Crippen LogP contribution < -0.4 is 5.32 Å². The number of hydrogen-bond donors (Lipinski definition) is 1. The average molecular weight is 395 g/mol. The lowest BCUT2D eigenvalue weighted by Crippen LogP contribution is -2.43. The third-order valence-corrected chi connectivity index (χ3v) is 4.77. The Labute approximate surface area is 152 Å². The number of esters is 1. The van der Waals surface area contributed by atoms with E-state index in [1.54, 1.807) is 6.92 Å². The van der Waals surface area contributed by atoms with E-state index in [1.807, 2.05) is 0 Å². The number of carbonyl (C=O) groups is 3. The first-order valence-corrected chi connectivity index (χ1v) is 9.74. The van der Waals surface area contributed by atoms with Crippen LogP contribution in [0.5, 0.6) is 0 Å². The highest BCUT2D eigenvalue weighted by molar-refractivity contribution is 7.86. The third-order valence-electron chi connectivity index (χ3n) is 3.50. The second-order valence-electron chi connectivity index (χ2n) is 6.49. The molecule has 1 N–H and O–H groups in total. The van der Waals surface area contributed by atoms with Crippen molar-refractivity contribution in [2.75, 3.05) is 18.9 Å². The van der Waals surface area contributed by atoms with Crippen molar-refractivity contribution in [3.63, 3.8) is 0 Å². The second kappa shape index (κ2) is 9.17. The van der Waals surface area contributed by atoms with Gasteiger partial charge in [-0.15, -0.1) is 0 Å². The Kier molecular flexibility index (Phi) is 7.82. The molecular weight excluding hydrogens is 370 g/mol. The molecule has 0 aliphatic carbocycles. The van der Waals surface area contributed by atoms with Crippen LogP contribution in [0.4, 0.5) is 4.79 Å². The molecule has 0 aromatic carbocycles. The summed E-state index contributed by atoms with van der Waals surface area (Å²) in [5.41, 5.74) is -1.18. The first-order valence-electron chi connectivity index (χ1n) is 8.16. The minimum absolute atomic E-state index is 0.175. The fraction of sp³-hybridized carbons (Fsp3) is 0.800. The first-order chi connectivity index (χ1) is 12.0. The van der Waals surface area contributed by atoms with Crippen molar-refractivity contribution < 1.29 is 41.2 Å². The van der Waals surface area contributed by atoms with Gasteiger partial charge in [0.1, 0.15) is 0 Å². The molecule has 0 bridgehead atoms. The van der Waals surface area contributed by atoms with Crippen molar-refractivity contribution in [1.82, 2.24) is 5.32 Å². The molecule has 1 aliphatic rings. The highest BCUT2D eigenvalue weighted by Crippen LogP contribution is 2.29. The lowest BCUT2D eigenvalue weighted by molar-refractivity contribution is -0.171. The molecule has 0 spiro atoms. The molecule has 1 saturated heterocycles. The summed E-state index contributed by atoms with van der Waals surface area (Å²) in [6, 6.07) is 0. The van der Waals surface area contributed by atoms with Gasteiger partial charge in [-0.25, -0.2) is 9.59 Å². The lowest BCUT2D eigenvalue weighted by Gasteiger charge is -2.29. The normalized spacial score (nSPS) is 21.2. The van der Waals surface area contributed by atoms with Gasteiger partial charge in [0.15, 0.2) is 0 Å². The summed E-state index contributed by atoms with van der Waals surface area (Å²) < 4.78 is 43.6. The quantitative estimate of drug-likeness (QED) is 0.340. The lowest BCUT2D eigenvalue weighted by atomic mass is 9.87. The van der Waals surface area contributed by atoms with Gasteiger partial charge >= 0.3 is 12.1 Å². The van der Waals surface area contributed by atoms with Gasteiger partial charge in [-0.05, 0) is 6.42 Å². The smallest absolute Gasteiger partial charge is 0.422 e. The molecule has 0 aromatic rings.